The Balaban J connectivity index is 1.82. The Morgan fingerprint density at radius 3 is 2.61 bits per heavy atom. The van der Waals surface area contributed by atoms with Crippen LogP contribution in [-0.2, 0) is 22.7 Å². The van der Waals surface area contributed by atoms with Crippen LogP contribution in [0.2, 0.25) is 10.0 Å². The molecular weight excluding hydrogens is 445 g/mol. The van der Waals surface area contributed by atoms with E-state index in [0.717, 1.165) is 5.56 Å². The summed E-state index contributed by atoms with van der Waals surface area (Å²) >= 11 is 12.1. The topological polar surface area (TPSA) is 123 Å². The molecule has 0 aliphatic rings. The van der Waals surface area contributed by atoms with E-state index in [1.165, 1.54) is 17.9 Å². The molecule has 31 heavy (non-hydrogen) atoms. The molecule has 0 saturated heterocycles. The van der Waals surface area contributed by atoms with Gasteiger partial charge in [-0.2, -0.15) is 0 Å². The van der Waals surface area contributed by atoms with Crippen LogP contribution in [0, 0.1) is 0 Å². The van der Waals surface area contributed by atoms with Crippen molar-refractivity contribution in [2.24, 2.45) is 0 Å². The zero-order valence-corrected chi connectivity index (χ0v) is 18.2. The summed E-state index contributed by atoms with van der Waals surface area (Å²) in [4.78, 5) is 44.0. The third-order valence-corrected chi connectivity index (χ3v) is 5.11. The normalized spacial score (nSPS) is 10.6. The number of anilines is 2. The molecule has 0 bridgehead atoms. The molecule has 0 atom stereocenters. The number of nitrogens with zero attached hydrogens (tertiary/aromatic N) is 4. The van der Waals surface area contributed by atoms with Gasteiger partial charge in [0.15, 0.2) is 11.5 Å². The van der Waals surface area contributed by atoms with Crippen molar-refractivity contribution in [2.75, 3.05) is 17.7 Å². The minimum atomic E-state index is -0.494. The van der Waals surface area contributed by atoms with Gasteiger partial charge in [-0.05, 0) is 19.1 Å². The number of aromatic nitrogens is 4. The Bertz CT molecular complexity index is 1140. The van der Waals surface area contributed by atoms with Gasteiger partial charge in [0, 0.05) is 25.4 Å². The fraction of sp³-hybridized carbons (Fsp3) is 0.211. The Labute approximate surface area is 187 Å². The van der Waals surface area contributed by atoms with Crippen LogP contribution in [0.4, 0.5) is 11.8 Å². The number of amides is 3. The van der Waals surface area contributed by atoms with Crippen LogP contribution in [0.1, 0.15) is 17.4 Å². The molecule has 0 unspecified atom stereocenters. The highest BCUT2D eigenvalue weighted by atomic mass is 35.5. The number of halogens is 2. The molecule has 3 N–H and O–H groups in total. The lowest BCUT2D eigenvalue weighted by Crippen LogP contribution is -2.27. The summed E-state index contributed by atoms with van der Waals surface area (Å²) in [6.45, 7) is 2.26. The first-order valence-corrected chi connectivity index (χ1v) is 9.93. The van der Waals surface area contributed by atoms with Crippen molar-refractivity contribution in [3.63, 3.8) is 0 Å². The Morgan fingerprint density at radius 2 is 1.97 bits per heavy atom. The number of carbonyl (C=O) groups is 3. The van der Waals surface area contributed by atoms with Crippen molar-refractivity contribution < 1.29 is 14.4 Å². The molecule has 3 amide bonds. The van der Waals surface area contributed by atoms with Gasteiger partial charge in [0.1, 0.15) is 6.54 Å². The van der Waals surface area contributed by atoms with E-state index in [2.05, 4.69) is 25.9 Å². The highest BCUT2D eigenvalue weighted by molar-refractivity contribution is 6.42. The number of rotatable bonds is 8. The van der Waals surface area contributed by atoms with E-state index < -0.39 is 11.8 Å². The molecule has 0 aliphatic carbocycles. The lowest BCUT2D eigenvalue weighted by Gasteiger charge is -2.09. The molecule has 162 valence electrons. The van der Waals surface area contributed by atoms with Crippen LogP contribution in [0.3, 0.4) is 0 Å². The van der Waals surface area contributed by atoms with E-state index >= 15 is 0 Å². The Kier molecular flexibility index (Phi) is 6.93. The fourth-order valence-corrected chi connectivity index (χ4v) is 3.19. The second kappa shape index (κ2) is 9.63. The van der Waals surface area contributed by atoms with Crippen LogP contribution in [-0.4, -0.2) is 44.4 Å². The van der Waals surface area contributed by atoms with E-state index in [0.29, 0.717) is 34.6 Å². The van der Waals surface area contributed by atoms with Gasteiger partial charge in [-0.3, -0.25) is 19.7 Å². The van der Waals surface area contributed by atoms with Gasteiger partial charge in [-0.1, -0.05) is 29.3 Å². The molecule has 2 aromatic heterocycles. The molecule has 10 nitrogen and oxygen atoms in total. The fourth-order valence-electron chi connectivity index (χ4n) is 2.89. The average Bonchev–Trinajstić information content (AvgIpc) is 3.33. The molecule has 0 radical (unpaired) electrons. The predicted octanol–water partition coefficient (Wildman–Crippen LogP) is 2.64. The van der Waals surface area contributed by atoms with Gasteiger partial charge in [-0.15, -0.1) is 0 Å². The maximum absolute atomic E-state index is 12.7. The van der Waals surface area contributed by atoms with Gasteiger partial charge in [0.2, 0.25) is 18.3 Å². The van der Waals surface area contributed by atoms with Crippen molar-refractivity contribution >= 4 is 53.2 Å². The van der Waals surface area contributed by atoms with Gasteiger partial charge in [0.25, 0.3) is 5.91 Å². The van der Waals surface area contributed by atoms with Crippen LogP contribution in [0.15, 0.2) is 30.7 Å². The Hall–Kier alpha value is -3.37. The summed E-state index contributed by atoms with van der Waals surface area (Å²) in [5, 5.41) is 8.37. The molecule has 12 heteroatoms. The molecule has 0 fully saturated rings. The van der Waals surface area contributed by atoms with Crippen molar-refractivity contribution in [3.8, 4) is 11.3 Å². The largest absolute Gasteiger partial charge is 0.354 e. The third kappa shape index (κ3) is 4.86. The summed E-state index contributed by atoms with van der Waals surface area (Å²) in [6, 6.07) is 5.15. The SMILES string of the molecule is CCn1cc(-c2ccc(Cl)c(Cl)c2)nc1NC(=O)Cn1cnc(NC=O)c1C(=O)NC. The Morgan fingerprint density at radius 1 is 1.19 bits per heavy atom. The number of benzene rings is 1. The maximum atomic E-state index is 12.7. The molecule has 0 spiro atoms. The van der Waals surface area contributed by atoms with Crippen LogP contribution in [0.25, 0.3) is 11.3 Å². The standard InChI is InChI=1S/C19H19Cl2N7O3/c1-3-27-7-14(11-4-5-12(20)13(21)6-11)25-19(27)26-15(30)8-28-9-23-17(24-10-29)16(28)18(31)22-2/h4-7,9-10H,3,8H2,1-2H3,(H,22,31)(H,24,29)(H,25,26,30). The molecule has 3 rings (SSSR count). The van der Waals surface area contributed by atoms with Gasteiger partial charge in [-0.25, -0.2) is 9.97 Å². The van der Waals surface area contributed by atoms with E-state index in [-0.39, 0.29) is 18.1 Å². The highest BCUT2D eigenvalue weighted by Gasteiger charge is 2.20. The number of aryl methyl sites for hydroxylation is 1. The predicted molar refractivity (Wildman–Crippen MR) is 117 cm³/mol. The van der Waals surface area contributed by atoms with E-state index in [1.54, 1.807) is 29.0 Å². The summed E-state index contributed by atoms with van der Waals surface area (Å²) in [5.74, 6) is -0.534. The minimum Gasteiger partial charge on any atom is -0.354 e. The molecule has 1 aromatic carbocycles. The zero-order chi connectivity index (χ0) is 22.5. The molecule has 3 aromatic rings. The summed E-state index contributed by atoms with van der Waals surface area (Å²) in [7, 11) is 1.44. The molecule has 0 saturated carbocycles. The minimum absolute atomic E-state index is 0.0547. The summed E-state index contributed by atoms with van der Waals surface area (Å²) in [6.07, 6.45) is 3.49. The lowest BCUT2D eigenvalue weighted by atomic mass is 10.2. The van der Waals surface area contributed by atoms with Crippen LogP contribution < -0.4 is 16.0 Å². The molecule has 0 aliphatic heterocycles. The number of nitrogens with one attached hydrogen (secondary N) is 3. The van der Waals surface area contributed by atoms with Gasteiger partial charge in [0.05, 0.1) is 22.1 Å². The average molecular weight is 464 g/mol. The molecule has 2 heterocycles. The lowest BCUT2D eigenvalue weighted by molar-refractivity contribution is -0.116. The van der Waals surface area contributed by atoms with Gasteiger partial charge >= 0.3 is 0 Å². The first-order valence-electron chi connectivity index (χ1n) is 9.17. The molecular formula is C19H19Cl2N7O3. The smallest absolute Gasteiger partial charge is 0.271 e. The summed E-state index contributed by atoms with van der Waals surface area (Å²) < 4.78 is 3.10. The van der Waals surface area contributed by atoms with Gasteiger partial charge < -0.3 is 19.8 Å². The number of hydrogen-bond donors (Lipinski definition) is 3. The van der Waals surface area contributed by atoms with Crippen LogP contribution >= 0.6 is 23.2 Å². The number of hydrogen-bond acceptors (Lipinski definition) is 5. The van der Waals surface area contributed by atoms with E-state index in [1.807, 2.05) is 6.92 Å². The van der Waals surface area contributed by atoms with Crippen molar-refractivity contribution in [2.45, 2.75) is 20.0 Å². The second-order valence-electron chi connectivity index (χ2n) is 6.32. The van der Waals surface area contributed by atoms with Crippen molar-refractivity contribution in [1.29, 1.82) is 0 Å². The first-order chi connectivity index (χ1) is 14.9. The van der Waals surface area contributed by atoms with E-state index in [9.17, 15) is 14.4 Å². The van der Waals surface area contributed by atoms with Crippen molar-refractivity contribution in [1.82, 2.24) is 24.4 Å². The highest BCUT2D eigenvalue weighted by Crippen LogP contribution is 2.29. The van der Waals surface area contributed by atoms with Crippen LogP contribution in [0.5, 0.6) is 0 Å². The summed E-state index contributed by atoms with van der Waals surface area (Å²) in [5.41, 5.74) is 1.42. The number of carbonyl (C=O) groups excluding carboxylic acids is 3. The second-order valence-corrected chi connectivity index (χ2v) is 7.14. The number of imidazole rings is 2. The van der Waals surface area contributed by atoms with E-state index in [4.69, 9.17) is 23.2 Å². The van der Waals surface area contributed by atoms with Crippen molar-refractivity contribution in [3.05, 3.63) is 46.5 Å². The monoisotopic (exact) mass is 463 g/mol. The first kappa shape index (κ1) is 22.3. The quantitative estimate of drug-likeness (QED) is 0.443. The maximum Gasteiger partial charge on any atom is 0.271 e. The zero-order valence-electron chi connectivity index (χ0n) is 16.6. The third-order valence-electron chi connectivity index (χ3n) is 4.37.